The molecule has 0 saturated heterocycles. The van der Waals surface area contributed by atoms with Crippen molar-refractivity contribution in [2.75, 3.05) is 0 Å². The van der Waals surface area contributed by atoms with Gasteiger partial charge in [0, 0.05) is 11.5 Å². The van der Waals surface area contributed by atoms with Gasteiger partial charge in [-0.15, -0.1) is 0 Å². The topological polar surface area (TPSA) is 26.0 Å². The molecule has 0 aliphatic heterocycles. The zero-order valence-corrected chi connectivity index (χ0v) is 9.39. The summed E-state index contributed by atoms with van der Waals surface area (Å²) in [7, 11) is 0. The van der Waals surface area contributed by atoms with Gasteiger partial charge in [0.25, 0.3) is 0 Å². The third kappa shape index (κ3) is 1.72. The molecule has 1 saturated carbocycles. The van der Waals surface area contributed by atoms with Crippen molar-refractivity contribution in [3.63, 3.8) is 0 Å². The number of hydrogen-bond donors (Lipinski definition) is 1. The maximum absolute atomic E-state index is 6.17. The van der Waals surface area contributed by atoms with E-state index < -0.39 is 0 Å². The minimum absolute atomic E-state index is 0.000830. The van der Waals surface area contributed by atoms with Crippen LogP contribution >= 0.6 is 0 Å². The highest BCUT2D eigenvalue weighted by Gasteiger charge is 2.39. The Balaban J connectivity index is 1.82. The van der Waals surface area contributed by atoms with Gasteiger partial charge in [0.15, 0.2) is 0 Å². The zero-order chi connectivity index (χ0) is 11.0. The van der Waals surface area contributed by atoms with Crippen LogP contribution in [0.3, 0.4) is 0 Å². The van der Waals surface area contributed by atoms with Gasteiger partial charge in [0.05, 0.1) is 0 Å². The first-order valence-corrected chi connectivity index (χ1v) is 6.01. The third-order valence-electron chi connectivity index (χ3n) is 3.68. The molecule has 0 radical (unpaired) electrons. The standard InChI is InChI=1S/C15H17N/c16-15(10-11-15)14-8-6-13(7-9-14)12-4-2-1-3-5-12/h1-4,6-9,12H,5,10-11,16H2. The number of rotatable bonds is 2. The van der Waals surface area contributed by atoms with Crippen molar-refractivity contribution < 1.29 is 0 Å². The minimum Gasteiger partial charge on any atom is -0.321 e. The fourth-order valence-corrected chi connectivity index (χ4v) is 2.31. The molecule has 1 aromatic carbocycles. The van der Waals surface area contributed by atoms with Crippen LogP contribution in [-0.4, -0.2) is 0 Å². The van der Waals surface area contributed by atoms with Crippen molar-refractivity contribution in [3.8, 4) is 0 Å². The largest absolute Gasteiger partial charge is 0.321 e. The van der Waals surface area contributed by atoms with Gasteiger partial charge in [-0.3, -0.25) is 0 Å². The molecule has 82 valence electrons. The van der Waals surface area contributed by atoms with Crippen LogP contribution in [0.4, 0.5) is 0 Å². The van der Waals surface area contributed by atoms with E-state index in [0.29, 0.717) is 5.92 Å². The number of hydrogen-bond acceptors (Lipinski definition) is 1. The predicted molar refractivity (Wildman–Crippen MR) is 67.2 cm³/mol. The molecule has 1 aromatic rings. The molecule has 2 aliphatic carbocycles. The van der Waals surface area contributed by atoms with E-state index in [0.717, 1.165) is 19.3 Å². The second-order valence-corrected chi connectivity index (χ2v) is 4.93. The normalized spacial score (nSPS) is 25.7. The number of benzene rings is 1. The van der Waals surface area contributed by atoms with Crippen molar-refractivity contribution >= 4 is 0 Å². The maximum Gasteiger partial charge on any atom is 0.0411 e. The van der Waals surface area contributed by atoms with E-state index in [4.69, 9.17) is 5.73 Å². The van der Waals surface area contributed by atoms with Gasteiger partial charge in [-0.25, -0.2) is 0 Å². The van der Waals surface area contributed by atoms with Crippen molar-refractivity contribution in [1.82, 2.24) is 0 Å². The fourth-order valence-electron chi connectivity index (χ4n) is 2.31. The third-order valence-corrected chi connectivity index (χ3v) is 3.68. The van der Waals surface area contributed by atoms with E-state index in [9.17, 15) is 0 Å². The molecule has 1 fully saturated rings. The highest BCUT2D eigenvalue weighted by atomic mass is 14.8. The Bertz CT molecular complexity index is 435. The summed E-state index contributed by atoms with van der Waals surface area (Å²) in [5.74, 6) is 0.548. The Morgan fingerprint density at radius 2 is 1.81 bits per heavy atom. The van der Waals surface area contributed by atoms with E-state index >= 15 is 0 Å². The van der Waals surface area contributed by atoms with Crippen LogP contribution in [0.5, 0.6) is 0 Å². The highest BCUT2D eigenvalue weighted by molar-refractivity contribution is 5.36. The smallest absolute Gasteiger partial charge is 0.0411 e. The van der Waals surface area contributed by atoms with E-state index in [1.807, 2.05) is 0 Å². The van der Waals surface area contributed by atoms with Crippen molar-refractivity contribution in [3.05, 3.63) is 59.7 Å². The predicted octanol–water partition coefficient (Wildman–Crippen LogP) is 3.23. The molecule has 2 aliphatic rings. The van der Waals surface area contributed by atoms with Gasteiger partial charge in [0.1, 0.15) is 0 Å². The molecule has 16 heavy (non-hydrogen) atoms. The van der Waals surface area contributed by atoms with Crippen LogP contribution in [0.15, 0.2) is 48.6 Å². The first kappa shape index (κ1) is 9.86. The molecule has 0 heterocycles. The molecule has 1 unspecified atom stereocenters. The summed E-state index contributed by atoms with van der Waals surface area (Å²) in [4.78, 5) is 0. The lowest BCUT2D eigenvalue weighted by Crippen LogP contribution is -2.18. The number of allylic oxidation sites excluding steroid dienone is 4. The summed E-state index contributed by atoms with van der Waals surface area (Å²) >= 11 is 0. The highest BCUT2D eigenvalue weighted by Crippen LogP contribution is 2.42. The van der Waals surface area contributed by atoms with Gasteiger partial charge in [0.2, 0.25) is 0 Å². The first-order chi connectivity index (χ1) is 7.78. The summed E-state index contributed by atoms with van der Waals surface area (Å²) < 4.78 is 0. The average molecular weight is 211 g/mol. The van der Waals surface area contributed by atoms with Crippen molar-refractivity contribution in [2.24, 2.45) is 5.73 Å². The lowest BCUT2D eigenvalue weighted by atomic mass is 9.91. The molecule has 1 atom stereocenters. The molecular formula is C15H17N. The molecule has 3 rings (SSSR count). The average Bonchev–Trinajstić information content (AvgIpc) is 3.10. The Labute approximate surface area is 96.7 Å². The van der Waals surface area contributed by atoms with Crippen LogP contribution in [0, 0.1) is 0 Å². The Morgan fingerprint density at radius 1 is 1.06 bits per heavy atom. The van der Waals surface area contributed by atoms with Crippen LogP contribution in [-0.2, 0) is 5.54 Å². The molecular weight excluding hydrogens is 194 g/mol. The lowest BCUT2D eigenvalue weighted by molar-refractivity contribution is 0.738. The quantitative estimate of drug-likeness (QED) is 0.798. The van der Waals surface area contributed by atoms with E-state index in [1.54, 1.807) is 0 Å². The molecule has 0 aromatic heterocycles. The summed E-state index contributed by atoms with van der Waals surface area (Å²) in [6, 6.07) is 8.87. The molecule has 1 heteroatoms. The fraction of sp³-hybridized carbons (Fsp3) is 0.333. The Hall–Kier alpha value is -1.34. The van der Waals surface area contributed by atoms with Gasteiger partial charge >= 0.3 is 0 Å². The van der Waals surface area contributed by atoms with E-state index in [-0.39, 0.29) is 5.54 Å². The molecule has 0 spiro atoms. The first-order valence-electron chi connectivity index (χ1n) is 6.01. The van der Waals surface area contributed by atoms with Crippen LogP contribution in [0.2, 0.25) is 0 Å². The summed E-state index contributed by atoms with van der Waals surface area (Å²) in [6.07, 6.45) is 12.1. The summed E-state index contributed by atoms with van der Waals surface area (Å²) in [5, 5.41) is 0. The molecule has 2 N–H and O–H groups in total. The molecule has 0 amide bonds. The Morgan fingerprint density at radius 3 is 2.38 bits per heavy atom. The van der Waals surface area contributed by atoms with Crippen LogP contribution in [0.1, 0.15) is 36.3 Å². The lowest BCUT2D eigenvalue weighted by Gasteiger charge is -2.15. The van der Waals surface area contributed by atoms with Gasteiger partial charge < -0.3 is 5.73 Å². The van der Waals surface area contributed by atoms with Gasteiger partial charge in [-0.2, -0.15) is 0 Å². The van der Waals surface area contributed by atoms with Crippen molar-refractivity contribution in [1.29, 1.82) is 0 Å². The maximum atomic E-state index is 6.17. The molecule has 0 bridgehead atoms. The monoisotopic (exact) mass is 211 g/mol. The van der Waals surface area contributed by atoms with Gasteiger partial charge in [-0.1, -0.05) is 48.6 Å². The zero-order valence-electron chi connectivity index (χ0n) is 9.39. The second-order valence-electron chi connectivity index (χ2n) is 4.93. The summed E-state index contributed by atoms with van der Waals surface area (Å²) in [6.45, 7) is 0. The number of nitrogens with two attached hydrogens (primary N) is 1. The van der Waals surface area contributed by atoms with E-state index in [2.05, 4.69) is 48.6 Å². The molecule has 1 nitrogen and oxygen atoms in total. The second kappa shape index (κ2) is 3.60. The Kier molecular flexibility index (Phi) is 2.22. The SMILES string of the molecule is NC1(c2ccc(C3C=CC=CC3)cc2)CC1. The van der Waals surface area contributed by atoms with Gasteiger partial charge in [-0.05, 0) is 30.4 Å². The minimum atomic E-state index is 0.000830. The van der Waals surface area contributed by atoms with E-state index in [1.165, 1.54) is 11.1 Å². The van der Waals surface area contributed by atoms with Crippen molar-refractivity contribution in [2.45, 2.75) is 30.7 Å². The van der Waals surface area contributed by atoms with Crippen LogP contribution in [0.25, 0.3) is 0 Å². The van der Waals surface area contributed by atoms with Crippen LogP contribution < -0.4 is 5.73 Å². The summed E-state index contributed by atoms with van der Waals surface area (Å²) in [5.41, 5.74) is 8.87.